The van der Waals surface area contributed by atoms with Gasteiger partial charge >= 0.3 is 0 Å². The number of aromatic amines is 2. The van der Waals surface area contributed by atoms with Gasteiger partial charge in [-0.15, -0.1) is 11.3 Å². The van der Waals surface area contributed by atoms with Crippen molar-refractivity contribution in [3.05, 3.63) is 53.1 Å². The van der Waals surface area contributed by atoms with Crippen LogP contribution >= 0.6 is 11.3 Å². The highest BCUT2D eigenvalue weighted by Crippen LogP contribution is 2.35. The van der Waals surface area contributed by atoms with Crippen molar-refractivity contribution >= 4 is 28.1 Å². The predicted octanol–water partition coefficient (Wildman–Crippen LogP) is 4.81. The smallest absolute Gasteiger partial charge is 0.253 e. The molecule has 0 aliphatic heterocycles. The number of carbonyl (C=O) groups excluding carboxylic acids is 1. The van der Waals surface area contributed by atoms with E-state index in [-0.39, 0.29) is 11.4 Å². The van der Waals surface area contributed by atoms with Crippen molar-refractivity contribution in [3.8, 4) is 22.5 Å². The van der Waals surface area contributed by atoms with Gasteiger partial charge in [0.25, 0.3) is 5.91 Å². The quantitative estimate of drug-likeness (QED) is 0.488. The highest BCUT2D eigenvalue weighted by molar-refractivity contribution is 7.07. The number of aromatic nitrogens is 3. The molecule has 3 heterocycles. The van der Waals surface area contributed by atoms with Gasteiger partial charge in [-0.1, -0.05) is 0 Å². The highest BCUT2D eigenvalue weighted by Gasteiger charge is 2.23. The summed E-state index contributed by atoms with van der Waals surface area (Å²) in [5.41, 5.74) is 6.76. The lowest BCUT2D eigenvalue weighted by Gasteiger charge is -2.22. The number of nitrogens with one attached hydrogen (secondary N) is 3. The van der Waals surface area contributed by atoms with E-state index in [4.69, 9.17) is 0 Å². The SMILES string of the molecule is CC(C)(C)NC(=O)c1c(-c2[nH]ccc2-c2cscn2)ccc2[nH]ccc12. The molecule has 1 amide bonds. The first kappa shape index (κ1) is 16.6. The molecule has 26 heavy (non-hydrogen) atoms. The van der Waals surface area contributed by atoms with Crippen LogP contribution in [-0.2, 0) is 0 Å². The Morgan fingerprint density at radius 1 is 1.08 bits per heavy atom. The molecule has 0 saturated carbocycles. The van der Waals surface area contributed by atoms with Gasteiger partial charge in [-0.05, 0) is 45.0 Å². The molecule has 0 aliphatic rings. The van der Waals surface area contributed by atoms with E-state index in [1.54, 1.807) is 11.3 Å². The predicted molar refractivity (Wildman–Crippen MR) is 106 cm³/mol. The van der Waals surface area contributed by atoms with Crippen LogP contribution in [0.25, 0.3) is 33.4 Å². The van der Waals surface area contributed by atoms with Crippen molar-refractivity contribution in [2.45, 2.75) is 26.3 Å². The molecule has 0 atom stereocenters. The summed E-state index contributed by atoms with van der Waals surface area (Å²) in [6, 6.07) is 7.93. The normalized spacial score (nSPS) is 11.8. The van der Waals surface area contributed by atoms with Crippen molar-refractivity contribution in [1.82, 2.24) is 20.3 Å². The van der Waals surface area contributed by atoms with Crippen LogP contribution in [0.15, 0.2) is 47.5 Å². The molecule has 0 radical (unpaired) electrons. The fourth-order valence-electron chi connectivity index (χ4n) is 3.14. The fraction of sp³-hybridized carbons (Fsp3) is 0.200. The van der Waals surface area contributed by atoms with Crippen LogP contribution in [0, 0.1) is 0 Å². The first-order valence-electron chi connectivity index (χ1n) is 8.43. The minimum atomic E-state index is -0.319. The van der Waals surface area contributed by atoms with Crippen LogP contribution in [0.4, 0.5) is 0 Å². The van der Waals surface area contributed by atoms with E-state index < -0.39 is 0 Å². The number of benzene rings is 1. The first-order chi connectivity index (χ1) is 12.4. The molecule has 0 aliphatic carbocycles. The van der Waals surface area contributed by atoms with Crippen molar-refractivity contribution in [2.75, 3.05) is 0 Å². The Labute approximate surface area is 155 Å². The summed E-state index contributed by atoms with van der Waals surface area (Å²) in [5, 5.41) is 6.01. The number of hydrogen-bond acceptors (Lipinski definition) is 3. The average molecular weight is 364 g/mol. The molecule has 1 aromatic carbocycles. The third-order valence-electron chi connectivity index (χ3n) is 4.17. The molecule has 0 unspecified atom stereocenters. The van der Waals surface area contributed by atoms with Crippen molar-refractivity contribution in [3.63, 3.8) is 0 Å². The van der Waals surface area contributed by atoms with Gasteiger partial charge in [0, 0.05) is 45.3 Å². The number of rotatable bonds is 3. The molecule has 4 aromatic rings. The molecule has 0 fully saturated rings. The van der Waals surface area contributed by atoms with E-state index in [1.807, 2.05) is 68.3 Å². The zero-order chi connectivity index (χ0) is 18.3. The lowest BCUT2D eigenvalue weighted by atomic mass is 9.96. The molecule has 5 nitrogen and oxygen atoms in total. The van der Waals surface area contributed by atoms with E-state index in [9.17, 15) is 4.79 Å². The Morgan fingerprint density at radius 3 is 2.62 bits per heavy atom. The summed E-state index contributed by atoms with van der Waals surface area (Å²) >= 11 is 1.55. The largest absolute Gasteiger partial charge is 0.361 e. The number of carbonyl (C=O) groups is 1. The summed E-state index contributed by atoms with van der Waals surface area (Å²) in [6.45, 7) is 5.95. The van der Waals surface area contributed by atoms with Crippen LogP contribution in [0.2, 0.25) is 0 Å². The van der Waals surface area contributed by atoms with Gasteiger partial charge in [0.1, 0.15) is 0 Å². The number of nitrogens with zero attached hydrogens (tertiary/aromatic N) is 1. The maximum atomic E-state index is 13.1. The first-order valence-corrected chi connectivity index (χ1v) is 9.37. The van der Waals surface area contributed by atoms with Gasteiger partial charge < -0.3 is 15.3 Å². The van der Waals surface area contributed by atoms with Gasteiger partial charge in [-0.2, -0.15) is 0 Å². The maximum Gasteiger partial charge on any atom is 0.253 e. The topological polar surface area (TPSA) is 73.6 Å². The monoisotopic (exact) mass is 364 g/mol. The molecule has 4 rings (SSSR count). The van der Waals surface area contributed by atoms with E-state index in [0.717, 1.165) is 33.4 Å². The maximum absolute atomic E-state index is 13.1. The van der Waals surface area contributed by atoms with Gasteiger partial charge in [-0.25, -0.2) is 4.98 Å². The highest BCUT2D eigenvalue weighted by atomic mass is 32.1. The zero-order valence-corrected chi connectivity index (χ0v) is 15.7. The number of thiazole rings is 1. The molecule has 6 heteroatoms. The second kappa shape index (κ2) is 6.14. The van der Waals surface area contributed by atoms with Crippen molar-refractivity contribution in [1.29, 1.82) is 0 Å². The van der Waals surface area contributed by atoms with Gasteiger partial charge in [0.05, 0.1) is 22.5 Å². The number of fused-ring (bicyclic) bond motifs is 1. The fourth-order valence-corrected chi connectivity index (χ4v) is 3.69. The zero-order valence-electron chi connectivity index (χ0n) is 14.9. The molecular formula is C20H20N4OS. The van der Waals surface area contributed by atoms with E-state index >= 15 is 0 Å². The molecule has 0 spiro atoms. The summed E-state index contributed by atoms with van der Waals surface area (Å²) in [5.74, 6) is -0.0865. The standard InChI is InChI=1S/C20H20N4OS/c1-20(2,3)24-19(25)17-12-6-8-21-15(12)5-4-14(17)18-13(7-9-22-18)16-10-26-11-23-16/h4-11,21-22H,1-3H3,(H,24,25). The van der Waals surface area contributed by atoms with Crippen molar-refractivity contribution < 1.29 is 4.79 Å². The number of H-pyrrole nitrogens is 2. The molecule has 0 saturated heterocycles. The van der Waals surface area contributed by atoms with Crippen LogP contribution in [-0.4, -0.2) is 26.4 Å². The van der Waals surface area contributed by atoms with Crippen LogP contribution in [0.3, 0.4) is 0 Å². The summed E-state index contributed by atoms with van der Waals surface area (Å²) in [4.78, 5) is 24.0. The molecular weight excluding hydrogens is 344 g/mol. The summed E-state index contributed by atoms with van der Waals surface area (Å²) in [6.07, 6.45) is 3.75. The third-order valence-corrected chi connectivity index (χ3v) is 4.76. The number of amides is 1. The van der Waals surface area contributed by atoms with Crippen LogP contribution in [0.5, 0.6) is 0 Å². The van der Waals surface area contributed by atoms with Gasteiger partial charge in [0.2, 0.25) is 0 Å². The van der Waals surface area contributed by atoms with Gasteiger partial charge in [0.15, 0.2) is 0 Å². The Bertz CT molecular complexity index is 1070. The molecule has 132 valence electrons. The van der Waals surface area contributed by atoms with E-state index in [2.05, 4.69) is 20.3 Å². The lowest BCUT2D eigenvalue weighted by molar-refractivity contribution is 0.0922. The van der Waals surface area contributed by atoms with Gasteiger partial charge in [-0.3, -0.25) is 4.79 Å². The summed E-state index contributed by atoms with van der Waals surface area (Å²) < 4.78 is 0. The Balaban J connectivity index is 1.93. The lowest BCUT2D eigenvalue weighted by Crippen LogP contribution is -2.40. The minimum absolute atomic E-state index is 0.0865. The van der Waals surface area contributed by atoms with Crippen molar-refractivity contribution in [2.24, 2.45) is 0 Å². The van der Waals surface area contributed by atoms with Crippen LogP contribution < -0.4 is 5.32 Å². The van der Waals surface area contributed by atoms with Crippen LogP contribution in [0.1, 0.15) is 31.1 Å². The minimum Gasteiger partial charge on any atom is -0.361 e. The Hall–Kier alpha value is -2.86. The van der Waals surface area contributed by atoms with E-state index in [1.165, 1.54) is 0 Å². The summed E-state index contributed by atoms with van der Waals surface area (Å²) in [7, 11) is 0. The molecule has 0 bridgehead atoms. The number of hydrogen-bond donors (Lipinski definition) is 3. The Morgan fingerprint density at radius 2 is 1.88 bits per heavy atom. The Kier molecular flexibility index (Phi) is 3.92. The molecule has 3 N–H and O–H groups in total. The third kappa shape index (κ3) is 2.93. The second-order valence-electron chi connectivity index (χ2n) is 7.27. The van der Waals surface area contributed by atoms with E-state index in [0.29, 0.717) is 5.56 Å². The molecule has 3 aromatic heterocycles. The second-order valence-corrected chi connectivity index (χ2v) is 7.99. The average Bonchev–Trinajstić information content (AvgIpc) is 3.31.